The predicted octanol–water partition coefficient (Wildman–Crippen LogP) is 1.73. The van der Waals surface area contributed by atoms with Crippen LogP contribution in [0.1, 0.15) is 29.8 Å². The molecule has 2 N–H and O–H groups in total. The Morgan fingerprint density at radius 3 is 3.06 bits per heavy atom. The Morgan fingerprint density at radius 1 is 1.59 bits per heavy atom. The molecule has 4 nitrogen and oxygen atoms in total. The summed E-state index contributed by atoms with van der Waals surface area (Å²) in [6.45, 7) is 0.610. The predicted molar refractivity (Wildman–Crippen MR) is 67.6 cm³/mol. The molecule has 1 fully saturated rings. The van der Waals surface area contributed by atoms with Crippen LogP contribution in [-0.4, -0.2) is 28.6 Å². The summed E-state index contributed by atoms with van der Waals surface area (Å²) in [7, 11) is 0. The van der Waals surface area contributed by atoms with E-state index in [1.54, 1.807) is 18.3 Å². The third-order valence-corrected chi connectivity index (χ3v) is 3.68. The first-order valence-corrected chi connectivity index (χ1v) is 6.53. The number of pyridine rings is 1. The maximum absolute atomic E-state index is 11.8. The van der Waals surface area contributed by atoms with Gasteiger partial charge >= 0.3 is 0 Å². The van der Waals surface area contributed by atoms with Crippen LogP contribution >= 0.6 is 15.9 Å². The van der Waals surface area contributed by atoms with E-state index in [0.717, 1.165) is 19.3 Å². The molecule has 17 heavy (non-hydrogen) atoms. The number of nitrogens with one attached hydrogen (secondary N) is 1. The molecule has 1 aliphatic carbocycles. The van der Waals surface area contributed by atoms with Crippen LogP contribution in [-0.2, 0) is 0 Å². The Hall–Kier alpha value is -0.940. The number of aliphatic hydroxyl groups is 1. The van der Waals surface area contributed by atoms with Crippen molar-refractivity contribution in [3.05, 3.63) is 28.5 Å². The molecule has 1 saturated carbocycles. The van der Waals surface area contributed by atoms with Gasteiger partial charge in [0.2, 0.25) is 0 Å². The van der Waals surface area contributed by atoms with Gasteiger partial charge in [-0.1, -0.05) is 0 Å². The molecular weight excluding hydrogens is 284 g/mol. The summed E-state index contributed by atoms with van der Waals surface area (Å²) < 4.78 is 0.698. The lowest BCUT2D eigenvalue weighted by molar-refractivity contribution is 0.0939. The van der Waals surface area contributed by atoms with Gasteiger partial charge in [-0.2, -0.15) is 0 Å². The quantitative estimate of drug-likeness (QED) is 0.893. The molecule has 1 amide bonds. The highest BCUT2D eigenvalue weighted by atomic mass is 79.9. The number of amides is 1. The highest BCUT2D eigenvalue weighted by Gasteiger charge is 2.23. The van der Waals surface area contributed by atoms with Gasteiger partial charge in [0.1, 0.15) is 5.69 Å². The van der Waals surface area contributed by atoms with E-state index in [0.29, 0.717) is 22.6 Å². The minimum absolute atomic E-state index is 0.168. The second-order valence-corrected chi connectivity index (χ2v) is 5.23. The van der Waals surface area contributed by atoms with Gasteiger partial charge in [-0.25, -0.2) is 4.98 Å². The SMILES string of the molecule is O=C(NCC1CCC(O)C1)c1ncccc1Br. The molecule has 2 atom stereocenters. The third kappa shape index (κ3) is 3.26. The van der Waals surface area contributed by atoms with Crippen LogP contribution in [0.4, 0.5) is 0 Å². The Balaban J connectivity index is 1.88. The van der Waals surface area contributed by atoms with Crippen molar-refractivity contribution in [2.45, 2.75) is 25.4 Å². The van der Waals surface area contributed by atoms with E-state index < -0.39 is 0 Å². The number of carbonyl (C=O) groups excluding carboxylic acids is 1. The van der Waals surface area contributed by atoms with E-state index in [1.165, 1.54) is 0 Å². The average molecular weight is 299 g/mol. The number of aromatic nitrogens is 1. The molecule has 1 heterocycles. The van der Waals surface area contributed by atoms with Crippen molar-refractivity contribution in [2.75, 3.05) is 6.54 Å². The van der Waals surface area contributed by atoms with Crippen molar-refractivity contribution in [1.29, 1.82) is 0 Å². The van der Waals surface area contributed by atoms with Gasteiger partial charge < -0.3 is 10.4 Å². The van der Waals surface area contributed by atoms with Crippen molar-refractivity contribution in [3.8, 4) is 0 Å². The first-order chi connectivity index (χ1) is 8.16. The maximum Gasteiger partial charge on any atom is 0.271 e. The zero-order valence-electron chi connectivity index (χ0n) is 9.40. The van der Waals surface area contributed by atoms with Crippen molar-refractivity contribution < 1.29 is 9.90 Å². The number of nitrogens with zero attached hydrogens (tertiary/aromatic N) is 1. The standard InChI is InChI=1S/C12H15BrN2O2/c13-10-2-1-5-14-11(10)12(17)15-7-8-3-4-9(16)6-8/h1-2,5,8-9,16H,3-4,6-7H2,(H,15,17). The summed E-state index contributed by atoms with van der Waals surface area (Å²) in [5, 5.41) is 12.3. The lowest BCUT2D eigenvalue weighted by atomic mass is 10.1. The van der Waals surface area contributed by atoms with Crippen molar-refractivity contribution in [3.63, 3.8) is 0 Å². The number of hydrogen-bond donors (Lipinski definition) is 2. The molecule has 5 heteroatoms. The van der Waals surface area contributed by atoms with Crippen LogP contribution in [0.25, 0.3) is 0 Å². The van der Waals surface area contributed by atoms with Gasteiger partial charge in [-0.3, -0.25) is 4.79 Å². The largest absolute Gasteiger partial charge is 0.393 e. The summed E-state index contributed by atoms with van der Waals surface area (Å²) >= 11 is 3.30. The van der Waals surface area contributed by atoms with Gasteiger partial charge in [-0.05, 0) is 53.2 Å². The molecule has 0 radical (unpaired) electrons. The Labute approximate surface area is 109 Å². The number of carbonyl (C=O) groups is 1. The molecule has 0 aliphatic heterocycles. The first kappa shape index (κ1) is 12.5. The molecule has 1 aromatic rings. The molecule has 0 bridgehead atoms. The first-order valence-electron chi connectivity index (χ1n) is 5.73. The van der Waals surface area contributed by atoms with E-state index >= 15 is 0 Å². The van der Waals surface area contributed by atoms with Crippen molar-refractivity contribution >= 4 is 21.8 Å². The van der Waals surface area contributed by atoms with E-state index in [4.69, 9.17) is 0 Å². The normalized spacial score (nSPS) is 23.6. The number of aliphatic hydroxyl groups excluding tert-OH is 1. The molecule has 1 aromatic heterocycles. The highest BCUT2D eigenvalue weighted by molar-refractivity contribution is 9.10. The molecular formula is C12H15BrN2O2. The average Bonchev–Trinajstić information content (AvgIpc) is 2.73. The monoisotopic (exact) mass is 298 g/mol. The van der Waals surface area contributed by atoms with Crippen molar-refractivity contribution in [2.24, 2.45) is 5.92 Å². The zero-order valence-corrected chi connectivity index (χ0v) is 11.0. The maximum atomic E-state index is 11.8. The Bertz CT molecular complexity index is 411. The Kier molecular flexibility index (Phi) is 4.12. The van der Waals surface area contributed by atoms with Crippen LogP contribution in [0, 0.1) is 5.92 Å². The molecule has 0 spiro atoms. The van der Waals surface area contributed by atoms with Crippen LogP contribution < -0.4 is 5.32 Å². The topological polar surface area (TPSA) is 62.2 Å². The summed E-state index contributed by atoms with van der Waals surface area (Å²) in [6.07, 6.45) is 4.00. The van der Waals surface area contributed by atoms with Crippen LogP contribution in [0.15, 0.2) is 22.8 Å². The van der Waals surface area contributed by atoms with Gasteiger partial charge in [-0.15, -0.1) is 0 Å². The second-order valence-electron chi connectivity index (χ2n) is 4.38. The zero-order chi connectivity index (χ0) is 12.3. The smallest absolute Gasteiger partial charge is 0.271 e. The number of rotatable bonds is 3. The number of halogens is 1. The van der Waals surface area contributed by atoms with Crippen molar-refractivity contribution in [1.82, 2.24) is 10.3 Å². The Morgan fingerprint density at radius 2 is 2.41 bits per heavy atom. The lowest BCUT2D eigenvalue weighted by Crippen LogP contribution is -2.29. The molecule has 0 saturated heterocycles. The fourth-order valence-electron chi connectivity index (χ4n) is 2.11. The third-order valence-electron chi connectivity index (χ3n) is 3.04. The summed E-state index contributed by atoms with van der Waals surface area (Å²) in [6, 6.07) is 3.56. The van der Waals surface area contributed by atoms with E-state index in [9.17, 15) is 9.90 Å². The van der Waals surface area contributed by atoms with Crippen LogP contribution in [0.2, 0.25) is 0 Å². The number of hydrogen-bond acceptors (Lipinski definition) is 3. The fourth-order valence-corrected chi connectivity index (χ4v) is 2.54. The minimum Gasteiger partial charge on any atom is -0.393 e. The fraction of sp³-hybridized carbons (Fsp3) is 0.500. The molecule has 1 aliphatic rings. The minimum atomic E-state index is -0.196. The molecule has 2 rings (SSSR count). The summed E-state index contributed by atoms with van der Waals surface area (Å²) in [4.78, 5) is 15.9. The molecule has 92 valence electrons. The van der Waals surface area contributed by atoms with Crippen LogP contribution in [0.3, 0.4) is 0 Å². The lowest BCUT2D eigenvalue weighted by Gasteiger charge is -2.11. The van der Waals surface area contributed by atoms with Gasteiger partial charge in [0, 0.05) is 17.2 Å². The van der Waals surface area contributed by atoms with Gasteiger partial charge in [0.15, 0.2) is 0 Å². The second kappa shape index (κ2) is 5.60. The summed E-state index contributed by atoms with van der Waals surface area (Å²) in [5.74, 6) is 0.218. The van der Waals surface area contributed by atoms with E-state index in [2.05, 4.69) is 26.2 Å². The highest BCUT2D eigenvalue weighted by Crippen LogP contribution is 2.24. The van der Waals surface area contributed by atoms with Gasteiger partial charge in [0.05, 0.1) is 6.10 Å². The molecule has 2 unspecified atom stereocenters. The van der Waals surface area contributed by atoms with E-state index in [-0.39, 0.29) is 12.0 Å². The van der Waals surface area contributed by atoms with Gasteiger partial charge in [0.25, 0.3) is 5.91 Å². The van der Waals surface area contributed by atoms with Crippen LogP contribution in [0.5, 0.6) is 0 Å². The summed E-state index contributed by atoms with van der Waals surface area (Å²) in [5.41, 5.74) is 0.408. The van der Waals surface area contributed by atoms with E-state index in [1.807, 2.05) is 0 Å². The molecule has 0 aromatic carbocycles.